The molecule has 100 valence electrons. The standard InChI is InChI=1S/C13H19ClN2O2/c1-9(8-17)4-3-5-15-13(18)11-7-16-10(2)6-12(11)14/h6-7,9,17H,3-5,8H2,1-2H3,(H,15,18). The fourth-order valence-electron chi connectivity index (χ4n) is 1.53. The Morgan fingerprint density at radius 1 is 1.61 bits per heavy atom. The van der Waals surface area contributed by atoms with Crippen LogP contribution in [0.2, 0.25) is 5.02 Å². The van der Waals surface area contributed by atoms with Crippen molar-refractivity contribution in [2.24, 2.45) is 5.92 Å². The van der Waals surface area contributed by atoms with Crippen molar-refractivity contribution in [2.45, 2.75) is 26.7 Å². The molecule has 0 aliphatic rings. The summed E-state index contributed by atoms with van der Waals surface area (Å²) in [5, 5.41) is 12.1. The van der Waals surface area contributed by atoms with Gasteiger partial charge in [-0.1, -0.05) is 18.5 Å². The molecule has 18 heavy (non-hydrogen) atoms. The highest BCUT2D eigenvalue weighted by atomic mass is 35.5. The van der Waals surface area contributed by atoms with E-state index in [9.17, 15) is 4.79 Å². The second-order valence-corrected chi connectivity index (χ2v) is 4.90. The highest BCUT2D eigenvalue weighted by Crippen LogP contribution is 2.15. The van der Waals surface area contributed by atoms with Gasteiger partial charge in [0.2, 0.25) is 0 Å². The molecule has 4 nitrogen and oxygen atoms in total. The Morgan fingerprint density at radius 2 is 2.33 bits per heavy atom. The van der Waals surface area contributed by atoms with Crippen molar-refractivity contribution in [1.82, 2.24) is 10.3 Å². The van der Waals surface area contributed by atoms with Crippen LogP contribution >= 0.6 is 11.6 Å². The first-order chi connectivity index (χ1) is 8.54. The molecule has 1 aromatic heterocycles. The summed E-state index contributed by atoms with van der Waals surface area (Å²) in [4.78, 5) is 15.9. The predicted molar refractivity (Wildman–Crippen MR) is 71.8 cm³/mol. The van der Waals surface area contributed by atoms with E-state index in [1.807, 2.05) is 13.8 Å². The number of nitrogens with zero attached hydrogens (tertiary/aromatic N) is 1. The lowest BCUT2D eigenvalue weighted by molar-refractivity contribution is 0.0952. The minimum absolute atomic E-state index is 0.182. The average molecular weight is 271 g/mol. The van der Waals surface area contributed by atoms with Crippen molar-refractivity contribution >= 4 is 17.5 Å². The zero-order chi connectivity index (χ0) is 13.5. The maximum Gasteiger partial charge on any atom is 0.254 e. The number of hydrogen-bond acceptors (Lipinski definition) is 3. The van der Waals surface area contributed by atoms with Crippen molar-refractivity contribution in [2.75, 3.05) is 13.2 Å². The number of pyridine rings is 1. The third-order valence-electron chi connectivity index (χ3n) is 2.71. The molecule has 0 saturated carbocycles. The molecule has 0 aromatic carbocycles. The molecule has 1 aromatic rings. The van der Waals surface area contributed by atoms with Crippen LogP contribution in [0.15, 0.2) is 12.3 Å². The van der Waals surface area contributed by atoms with Gasteiger partial charge in [-0.3, -0.25) is 9.78 Å². The third-order valence-corrected chi connectivity index (χ3v) is 3.02. The van der Waals surface area contributed by atoms with Crippen LogP contribution in [0.4, 0.5) is 0 Å². The van der Waals surface area contributed by atoms with Gasteiger partial charge < -0.3 is 10.4 Å². The van der Waals surface area contributed by atoms with E-state index < -0.39 is 0 Å². The van der Waals surface area contributed by atoms with Crippen LogP contribution in [0.1, 0.15) is 35.8 Å². The third kappa shape index (κ3) is 4.63. The number of amides is 1. The van der Waals surface area contributed by atoms with E-state index in [0.717, 1.165) is 18.5 Å². The molecule has 1 rings (SSSR count). The summed E-state index contributed by atoms with van der Waals surface area (Å²) in [6.07, 6.45) is 3.21. The van der Waals surface area contributed by atoms with Crippen LogP contribution < -0.4 is 5.32 Å². The normalized spacial score (nSPS) is 12.2. The van der Waals surface area contributed by atoms with Crippen molar-refractivity contribution in [3.05, 3.63) is 28.5 Å². The molecule has 1 amide bonds. The molecule has 0 aliphatic heterocycles. The van der Waals surface area contributed by atoms with Gasteiger partial charge in [0.15, 0.2) is 0 Å². The SMILES string of the molecule is Cc1cc(Cl)c(C(=O)NCCCC(C)CO)cn1. The Labute approximate surface area is 112 Å². The molecule has 0 aliphatic carbocycles. The Hall–Kier alpha value is -1.13. The van der Waals surface area contributed by atoms with Crippen molar-refractivity contribution in [3.8, 4) is 0 Å². The summed E-state index contributed by atoms with van der Waals surface area (Å²) in [7, 11) is 0. The van der Waals surface area contributed by atoms with Gasteiger partial charge in [-0.15, -0.1) is 0 Å². The summed E-state index contributed by atoms with van der Waals surface area (Å²) in [5.74, 6) is 0.0654. The molecule has 0 spiro atoms. The first kappa shape index (κ1) is 14.9. The van der Waals surface area contributed by atoms with Crippen LogP contribution in [-0.2, 0) is 0 Å². The largest absolute Gasteiger partial charge is 0.396 e. The number of hydrogen-bond donors (Lipinski definition) is 2. The quantitative estimate of drug-likeness (QED) is 0.779. The van der Waals surface area contributed by atoms with Crippen LogP contribution in [0, 0.1) is 12.8 Å². The Kier molecular flexibility index (Phi) is 6.09. The predicted octanol–water partition coefficient (Wildman–Crippen LogP) is 2.18. The first-order valence-electron chi connectivity index (χ1n) is 6.05. The van der Waals surface area contributed by atoms with E-state index in [2.05, 4.69) is 10.3 Å². The number of carbonyl (C=O) groups is 1. The number of aliphatic hydroxyl groups excluding tert-OH is 1. The molecule has 1 heterocycles. The summed E-state index contributed by atoms with van der Waals surface area (Å²) in [6, 6.07) is 1.67. The minimum Gasteiger partial charge on any atom is -0.396 e. The Bertz CT molecular complexity index is 410. The molecule has 1 unspecified atom stereocenters. The van der Waals surface area contributed by atoms with Crippen molar-refractivity contribution < 1.29 is 9.90 Å². The maximum absolute atomic E-state index is 11.8. The Morgan fingerprint density at radius 3 is 2.94 bits per heavy atom. The molecule has 0 bridgehead atoms. The average Bonchev–Trinajstić information content (AvgIpc) is 2.34. The van der Waals surface area contributed by atoms with Gasteiger partial charge in [0.25, 0.3) is 5.91 Å². The highest BCUT2D eigenvalue weighted by molar-refractivity contribution is 6.33. The van der Waals surface area contributed by atoms with E-state index in [1.54, 1.807) is 6.07 Å². The molecule has 1 atom stereocenters. The van der Waals surface area contributed by atoms with Crippen LogP contribution in [-0.4, -0.2) is 29.1 Å². The molecule has 2 N–H and O–H groups in total. The van der Waals surface area contributed by atoms with Gasteiger partial charge in [-0.2, -0.15) is 0 Å². The number of nitrogens with one attached hydrogen (secondary N) is 1. The van der Waals surface area contributed by atoms with Crippen LogP contribution in [0.25, 0.3) is 0 Å². The van der Waals surface area contributed by atoms with Crippen molar-refractivity contribution in [1.29, 1.82) is 0 Å². The number of aliphatic hydroxyl groups is 1. The molecule has 0 saturated heterocycles. The maximum atomic E-state index is 11.8. The zero-order valence-corrected chi connectivity index (χ0v) is 11.5. The molecule has 5 heteroatoms. The second-order valence-electron chi connectivity index (χ2n) is 4.49. The smallest absolute Gasteiger partial charge is 0.254 e. The fourth-order valence-corrected chi connectivity index (χ4v) is 1.83. The van der Waals surface area contributed by atoms with Crippen LogP contribution in [0.5, 0.6) is 0 Å². The van der Waals surface area contributed by atoms with E-state index in [-0.39, 0.29) is 18.4 Å². The number of aryl methyl sites for hydroxylation is 1. The van der Waals surface area contributed by atoms with Gasteiger partial charge in [-0.25, -0.2) is 0 Å². The van der Waals surface area contributed by atoms with Crippen molar-refractivity contribution in [3.63, 3.8) is 0 Å². The summed E-state index contributed by atoms with van der Waals surface area (Å²) < 4.78 is 0. The fraction of sp³-hybridized carbons (Fsp3) is 0.538. The lowest BCUT2D eigenvalue weighted by Gasteiger charge is -2.09. The lowest BCUT2D eigenvalue weighted by Crippen LogP contribution is -2.25. The second kappa shape index (κ2) is 7.34. The summed E-state index contributed by atoms with van der Waals surface area (Å²) in [5.41, 5.74) is 1.19. The zero-order valence-electron chi connectivity index (χ0n) is 10.7. The number of rotatable bonds is 6. The number of aromatic nitrogens is 1. The highest BCUT2D eigenvalue weighted by Gasteiger charge is 2.10. The van der Waals surface area contributed by atoms with Gasteiger partial charge >= 0.3 is 0 Å². The molecule has 0 fully saturated rings. The van der Waals surface area contributed by atoms with E-state index in [1.165, 1.54) is 6.20 Å². The van der Waals surface area contributed by atoms with E-state index in [0.29, 0.717) is 17.1 Å². The van der Waals surface area contributed by atoms with Gasteiger partial charge in [0.05, 0.1) is 10.6 Å². The molecule has 0 radical (unpaired) electrons. The van der Waals surface area contributed by atoms with E-state index >= 15 is 0 Å². The van der Waals surface area contributed by atoms with Gasteiger partial charge in [0.1, 0.15) is 0 Å². The topological polar surface area (TPSA) is 62.2 Å². The lowest BCUT2D eigenvalue weighted by atomic mass is 10.1. The van der Waals surface area contributed by atoms with Gasteiger partial charge in [0, 0.05) is 25.0 Å². The monoisotopic (exact) mass is 270 g/mol. The first-order valence-corrected chi connectivity index (χ1v) is 6.43. The number of carbonyl (C=O) groups excluding carboxylic acids is 1. The Balaban J connectivity index is 2.41. The van der Waals surface area contributed by atoms with Gasteiger partial charge in [-0.05, 0) is 31.7 Å². The minimum atomic E-state index is -0.204. The van der Waals surface area contributed by atoms with Crippen LogP contribution in [0.3, 0.4) is 0 Å². The number of halogens is 1. The molecular weight excluding hydrogens is 252 g/mol. The summed E-state index contributed by atoms with van der Waals surface area (Å²) >= 11 is 5.98. The van der Waals surface area contributed by atoms with E-state index in [4.69, 9.17) is 16.7 Å². The molecular formula is C13H19ClN2O2. The summed E-state index contributed by atoms with van der Waals surface area (Å²) in [6.45, 7) is 4.56.